The molecule has 0 spiro atoms. The van der Waals surface area contributed by atoms with E-state index >= 15 is 0 Å². The van der Waals surface area contributed by atoms with E-state index in [9.17, 15) is 65.1 Å². The van der Waals surface area contributed by atoms with Crippen LogP contribution in [-0.2, 0) is 72.0 Å². The number of benzene rings is 5. The minimum atomic E-state index is -5.83. The number of aromatic hydroxyl groups is 2. The summed E-state index contributed by atoms with van der Waals surface area (Å²) in [5.41, 5.74) is 6.70. The van der Waals surface area contributed by atoms with Gasteiger partial charge in [-0.05, 0) is 151 Å². The number of hydrogen-bond acceptors (Lipinski definition) is 25. The molecule has 0 aromatic heterocycles. The number of nitrogens with zero attached hydrogens (tertiary/aromatic N) is 2. The number of amides is 3. The van der Waals surface area contributed by atoms with Gasteiger partial charge in [0.15, 0.2) is 18.1 Å². The van der Waals surface area contributed by atoms with Crippen LogP contribution in [0.2, 0.25) is 0 Å². The number of phenols is 2. The highest BCUT2D eigenvalue weighted by Crippen LogP contribution is 2.29. The van der Waals surface area contributed by atoms with Crippen LogP contribution in [0.4, 0.5) is 27.6 Å². The van der Waals surface area contributed by atoms with Crippen molar-refractivity contribution in [1.82, 2.24) is 16.0 Å². The Morgan fingerprint density at radius 2 is 0.649 bits per heavy atom. The molecule has 532 valence electrons. The molecule has 0 saturated carbocycles. The molecule has 0 aliphatic carbocycles. The van der Waals surface area contributed by atoms with Crippen molar-refractivity contribution in [2.45, 2.75) is 115 Å². The van der Waals surface area contributed by atoms with Gasteiger partial charge in [-0.15, -0.1) is 24.8 Å². The molecule has 3 amide bonds. The third-order valence-electron chi connectivity index (χ3n) is 11.2. The molecule has 5 aromatic rings. The average molecular weight is 1430 g/mol. The van der Waals surface area contributed by atoms with E-state index in [-0.39, 0.29) is 41.9 Å². The van der Waals surface area contributed by atoms with Gasteiger partial charge in [0.05, 0.1) is 58.8 Å². The highest BCUT2D eigenvalue weighted by molar-refractivity contribution is 7.88. The van der Waals surface area contributed by atoms with Gasteiger partial charge in [-0.3, -0.25) is 9.59 Å². The number of carbonyl (C=O) groups excluding carboxylic acids is 8. The van der Waals surface area contributed by atoms with Crippen molar-refractivity contribution in [3.63, 3.8) is 0 Å². The Hall–Kier alpha value is -10.1. The first-order chi connectivity index (χ1) is 44.0. The van der Waals surface area contributed by atoms with Crippen LogP contribution in [0.15, 0.2) is 121 Å². The zero-order valence-corrected chi connectivity index (χ0v) is 57.4. The Morgan fingerprint density at radius 3 is 0.876 bits per heavy atom. The van der Waals surface area contributed by atoms with E-state index in [4.69, 9.17) is 41.3 Å². The van der Waals surface area contributed by atoms with Crippen molar-refractivity contribution < 1.29 is 112 Å². The highest BCUT2D eigenvalue weighted by Gasteiger charge is 2.48. The van der Waals surface area contributed by atoms with Crippen LogP contribution in [0.5, 0.6) is 17.2 Å². The molecule has 0 radical (unpaired) electrons. The first kappa shape index (κ1) is 88.9. The fourth-order valence-electron chi connectivity index (χ4n) is 6.74. The quantitative estimate of drug-likeness (QED) is 0.0222. The Bertz CT molecular complexity index is 3560. The molecule has 0 aliphatic rings. The second-order valence-electron chi connectivity index (χ2n) is 22.0. The van der Waals surface area contributed by atoms with Crippen LogP contribution in [0, 0.1) is 22.7 Å². The maximum atomic E-state index is 12.3. The number of nitriles is 2. The molecule has 0 bridgehead atoms. The zero-order chi connectivity index (χ0) is 72.8. The van der Waals surface area contributed by atoms with Crippen molar-refractivity contribution in [3.05, 3.63) is 160 Å². The summed E-state index contributed by atoms with van der Waals surface area (Å²) in [6.45, 7) is 15.2. The Kier molecular flexibility index (Phi) is 37.6. The van der Waals surface area contributed by atoms with Gasteiger partial charge in [0, 0.05) is 0 Å². The minimum Gasteiger partial charge on any atom is -0.508 e. The SMILES string of the molecule is COC(=O)[C@H](N)c1ccc(C#N)cc1.COC(=O)[C@H](N)c1ccc(O)cc1.COC(=O)[C@H](NC(=O)OC(C)(C)C)c1ccc(C#N)cc1.COC(=O)[C@H](NC(=O)OC(C)(C)C)c1ccc(O)cc1.COC(=O)[C@H](NC(=O)OC(C)(C)C)c1ccc(OS(=O)(=O)C(F)(F)F)cc1.Cl.Cl. The van der Waals surface area contributed by atoms with Crippen LogP contribution < -0.4 is 31.6 Å². The van der Waals surface area contributed by atoms with Crippen molar-refractivity contribution in [2.75, 3.05) is 35.5 Å². The molecule has 34 heteroatoms. The first-order valence-electron chi connectivity index (χ1n) is 27.6. The van der Waals surface area contributed by atoms with Gasteiger partial charge in [-0.25, -0.2) is 28.8 Å². The lowest BCUT2D eigenvalue weighted by atomic mass is 10.1. The molecule has 5 atom stereocenters. The third kappa shape index (κ3) is 33.2. The molecule has 9 N–H and O–H groups in total. The fourth-order valence-corrected chi connectivity index (χ4v) is 7.20. The molecular weight excluding hydrogens is 1350 g/mol. The molecule has 0 heterocycles. The van der Waals surface area contributed by atoms with Gasteiger partial charge in [0.25, 0.3) is 0 Å². The Balaban J connectivity index is 0. The van der Waals surface area contributed by atoms with Crippen LogP contribution in [0.25, 0.3) is 0 Å². The maximum Gasteiger partial charge on any atom is 0.534 e. The van der Waals surface area contributed by atoms with Gasteiger partial charge < -0.3 is 79.7 Å². The molecule has 28 nitrogen and oxygen atoms in total. The lowest BCUT2D eigenvalue weighted by Gasteiger charge is -2.22. The number of halogens is 5. The largest absolute Gasteiger partial charge is 0.534 e. The van der Waals surface area contributed by atoms with E-state index in [0.717, 1.165) is 31.4 Å². The van der Waals surface area contributed by atoms with Crippen molar-refractivity contribution >= 4 is 83.1 Å². The number of phenolic OH excluding ortho intramolecular Hbond substituents is 2. The number of nitrogens with two attached hydrogens (primary N) is 2. The van der Waals surface area contributed by atoms with Crippen LogP contribution >= 0.6 is 24.8 Å². The molecular formula is C63H78Cl2F3N7O21S. The van der Waals surface area contributed by atoms with E-state index in [1.54, 1.807) is 123 Å². The Morgan fingerprint density at radius 1 is 0.423 bits per heavy atom. The normalized spacial score (nSPS) is 12.2. The van der Waals surface area contributed by atoms with Gasteiger partial charge in [0.2, 0.25) is 0 Å². The number of alkyl carbamates (subject to hydrolysis) is 3. The summed E-state index contributed by atoms with van der Waals surface area (Å²) in [5.74, 6) is -3.53. The lowest BCUT2D eigenvalue weighted by molar-refractivity contribution is -0.144. The number of esters is 5. The van der Waals surface area contributed by atoms with Crippen LogP contribution in [0.1, 0.15) is 131 Å². The second-order valence-corrected chi connectivity index (χ2v) is 23.5. The van der Waals surface area contributed by atoms with Gasteiger partial charge in [0.1, 0.15) is 46.1 Å². The standard InChI is InChI=1S/C15H18F3NO7S.C15H18N2O4.C14H19NO5.C10H10N2O2.C9H11NO3.2ClH/c1-14(2,3)25-13(21)19-11(12(20)24-4)9-5-7-10(8-6-9)26-27(22,23)15(16,17)18;1-15(2,3)21-14(19)17-12(13(18)20-4)11-7-5-10(9-16)6-8-11;1-14(2,3)20-13(18)15-11(12(17)19-4)9-5-7-10(16)8-6-9;1-14-10(13)9(12)8-4-2-7(6-11)3-5-8;1-13-9(12)8(10)6-2-4-7(11)5-3-6;;/h5-8,11H,1-4H3,(H,19,21);5-8,12H,1-4H3,(H,17,19);5-8,11,16H,1-4H3,(H,15,18);2-5,9H,12H2,1H3;2-5,8,11H,10H2,1H3;2*1H/t11-;12-;11-;9-;8-;;/m11111../s1. The van der Waals surface area contributed by atoms with E-state index in [2.05, 4.69) is 43.8 Å². The summed E-state index contributed by atoms with van der Waals surface area (Å²) in [7, 11) is 0.268. The van der Waals surface area contributed by atoms with Gasteiger partial charge in [-0.1, -0.05) is 60.7 Å². The van der Waals surface area contributed by atoms with E-state index in [1.807, 2.05) is 12.1 Å². The van der Waals surface area contributed by atoms with E-state index in [1.165, 1.54) is 64.8 Å². The number of rotatable bonds is 15. The summed E-state index contributed by atoms with van der Waals surface area (Å²) in [5, 5.41) is 42.7. The van der Waals surface area contributed by atoms with Crippen molar-refractivity contribution in [1.29, 1.82) is 10.5 Å². The lowest BCUT2D eigenvalue weighted by Crippen LogP contribution is -2.38. The average Bonchev–Trinajstić information content (AvgIpc) is 0.845. The van der Waals surface area contributed by atoms with Crippen LogP contribution in [0.3, 0.4) is 0 Å². The molecule has 97 heavy (non-hydrogen) atoms. The number of alkyl halides is 3. The predicted molar refractivity (Wildman–Crippen MR) is 345 cm³/mol. The van der Waals surface area contributed by atoms with Gasteiger partial charge >= 0.3 is 63.8 Å². The first-order valence-corrected chi connectivity index (χ1v) is 29.0. The number of hydrogen-bond donors (Lipinski definition) is 7. The van der Waals surface area contributed by atoms with Crippen molar-refractivity contribution in [2.24, 2.45) is 11.5 Å². The minimum absolute atomic E-state index is 0. The summed E-state index contributed by atoms with van der Waals surface area (Å²) < 4.78 is 101. The molecule has 5 aromatic carbocycles. The predicted octanol–water partition coefficient (Wildman–Crippen LogP) is 9.22. The highest BCUT2D eigenvalue weighted by atomic mass is 35.5. The third-order valence-corrected chi connectivity index (χ3v) is 12.1. The second kappa shape index (κ2) is 41.0. The van der Waals surface area contributed by atoms with Crippen LogP contribution in [-0.4, -0.2) is 125 Å². The maximum absolute atomic E-state index is 12.3. The van der Waals surface area contributed by atoms with E-state index < -0.39 is 117 Å². The molecule has 0 saturated heterocycles. The van der Waals surface area contributed by atoms with Gasteiger partial charge in [-0.2, -0.15) is 32.1 Å². The molecule has 5 rings (SSSR count). The Labute approximate surface area is 570 Å². The fraction of sp³-hybridized carbons (Fsp3) is 0.365. The smallest absolute Gasteiger partial charge is 0.508 e. The number of ether oxygens (including phenoxy) is 8. The monoisotopic (exact) mass is 1430 g/mol. The summed E-state index contributed by atoms with van der Waals surface area (Å²) in [6.07, 6.45) is -2.37. The summed E-state index contributed by atoms with van der Waals surface area (Å²) in [6, 6.07) is 27.8. The summed E-state index contributed by atoms with van der Waals surface area (Å²) >= 11 is 0. The molecule has 0 fully saturated rings. The number of nitrogens with one attached hydrogen (secondary N) is 3. The molecule has 0 aliphatic heterocycles. The zero-order valence-electron chi connectivity index (χ0n) is 55.0. The summed E-state index contributed by atoms with van der Waals surface area (Å²) in [4.78, 5) is 92.9. The topological polar surface area (TPSA) is 430 Å². The molecule has 0 unspecified atom stereocenters. The number of carbonyl (C=O) groups is 8. The van der Waals surface area contributed by atoms with E-state index in [0.29, 0.717) is 33.4 Å². The number of methoxy groups -OCH3 is 5. The van der Waals surface area contributed by atoms with Crippen molar-refractivity contribution in [3.8, 4) is 29.4 Å².